The number of benzene rings is 3. The molecule has 0 radical (unpaired) electrons. The monoisotopic (exact) mass is 593 g/mol. The van der Waals surface area contributed by atoms with Gasteiger partial charge in [-0.3, -0.25) is 24.5 Å². The molecule has 4 N–H and O–H groups in total. The number of ether oxygens (including phenoxy) is 3. The van der Waals surface area contributed by atoms with Gasteiger partial charge in [0.15, 0.2) is 5.75 Å². The van der Waals surface area contributed by atoms with E-state index >= 15 is 0 Å². The molecule has 0 aliphatic heterocycles. The number of carbonyl (C=O) groups excluding carboxylic acids is 3. The molecule has 4 rings (SSSR count). The molecule has 3 aromatic rings. The number of para-hydroxylation sites is 4. The number of Topliss-reactive ketones (excluding diaryl/α,β-unsaturated/α-hetero) is 1. The first-order valence-electron chi connectivity index (χ1n) is 13.1. The number of ketones is 1. The molecule has 0 bridgehead atoms. The molecule has 2 amide bonds. The van der Waals surface area contributed by atoms with Gasteiger partial charge in [0.2, 0.25) is 17.6 Å². The van der Waals surface area contributed by atoms with Gasteiger partial charge in [-0.05, 0) is 42.8 Å². The van der Waals surface area contributed by atoms with Crippen LogP contribution in [0.5, 0.6) is 23.0 Å². The third-order valence-corrected chi connectivity index (χ3v) is 7.44. The highest BCUT2D eigenvalue weighted by molar-refractivity contribution is 6.11. The van der Waals surface area contributed by atoms with Gasteiger partial charge < -0.3 is 35.1 Å². The maximum atomic E-state index is 14.0. The maximum absolute atomic E-state index is 14.0. The quantitative estimate of drug-likeness (QED) is 0.162. The van der Waals surface area contributed by atoms with Crippen molar-refractivity contribution in [3.8, 4) is 23.0 Å². The number of methoxy groups -OCH3 is 3. The molecule has 4 unspecified atom stereocenters. The molecule has 226 valence electrons. The smallest absolute Gasteiger partial charge is 0.314 e. The molecule has 13 nitrogen and oxygen atoms in total. The van der Waals surface area contributed by atoms with Crippen LogP contribution in [0.4, 0.5) is 17.1 Å². The summed E-state index contributed by atoms with van der Waals surface area (Å²) in [6.45, 7) is 1.28. The number of nitrogens with zero attached hydrogens (tertiary/aromatic N) is 1. The standard InChI is InChI=1S/C30H31N3O10/c1-30(38)15-20(34)25(28(36)31-17-9-5-7-11-21(17)41-2)24(16-13-19(33(39)40)27(35)23(14-16)43-4)26(30)29(37)32-18-10-6-8-12-22(18)42-3/h5-14,24-26,35,38H,15H2,1-4H3,(H,31,36)(H,32,37). The molecule has 13 heteroatoms. The number of hydrogen-bond donors (Lipinski definition) is 4. The van der Waals surface area contributed by atoms with Crippen molar-refractivity contribution in [3.05, 3.63) is 76.3 Å². The second-order valence-electron chi connectivity index (χ2n) is 10.2. The van der Waals surface area contributed by atoms with E-state index in [0.29, 0.717) is 11.5 Å². The lowest BCUT2D eigenvalue weighted by molar-refractivity contribution is -0.386. The van der Waals surface area contributed by atoms with Crippen molar-refractivity contribution in [3.63, 3.8) is 0 Å². The fraction of sp³-hybridized carbons (Fsp3) is 0.300. The molecule has 1 fully saturated rings. The van der Waals surface area contributed by atoms with Crippen LogP contribution in [0.2, 0.25) is 0 Å². The van der Waals surface area contributed by atoms with Gasteiger partial charge in [0.1, 0.15) is 23.2 Å². The number of anilines is 2. The second kappa shape index (κ2) is 12.4. The molecule has 4 atom stereocenters. The zero-order valence-electron chi connectivity index (χ0n) is 23.8. The predicted molar refractivity (Wildman–Crippen MR) is 155 cm³/mol. The zero-order valence-corrected chi connectivity index (χ0v) is 23.8. The number of nitrogens with one attached hydrogen (secondary N) is 2. The lowest BCUT2D eigenvalue weighted by Crippen LogP contribution is -2.56. The van der Waals surface area contributed by atoms with E-state index < -0.39 is 63.7 Å². The zero-order chi connectivity index (χ0) is 31.5. The Balaban J connectivity index is 1.91. The van der Waals surface area contributed by atoms with E-state index in [0.717, 1.165) is 6.07 Å². The summed E-state index contributed by atoms with van der Waals surface area (Å²) in [4.78, 5) is 52.5. The number of aromatic hydroxyl groups is 1. The number of aliphatic hydroxyl groups is 1. The van der Waals surface area contributed by atoms with Gasteiger partial charge in [-0.1, -0.05) is 24.3 Å². The minimum Gasteiger partial charge on any atom is -0.500 e. The molecule has 1 aliphatic carbocycles. The molecular formula is C30H31N3O10. The molecule has 1 saturated carbocycles. The highest BCUT2D eigenvalue weighted by Crippen LogP contribution is 2.50. The van der Waals surface area contributed by atoms with E-state index in [1.807, 2.05) is 0 Å². The molecule has 43 heavy (non-hydrogen) atoms. The van der Waals surface area contributed by atoms with Crippen LogP contribution in [0.25, 0.3) is 0 Å². The van der Waals surface area contributed by atoms with Crippen LogP contribution in [0.15, 0.2) is 60.7 Å². The van der Waals surface area contributed by atoms with E-state index in [4.69, 9.17) is 14.2 Å². The molecule has 0 saturated heterocycles. The lowest BCUT2D eigenvalue weighted by Gasteiger charge is -2.44. The number of rotatable bonds is 9. The molecule has 0 heterocycles. The van der Waals surface area contributed by atoms with Crippen LogP contribution in [0.3, 0.4) is 0 Å². The number of carbonyl (C=O) groups is 3. The first-order valence-corrected chi connectivity index (χ1v) is 13.1. The minimum atomic E-state index is -2.00. The number of nitro benzene ring substituents is 1. The molecule has 0 aromatic heterocycles. The van der Waals surface area contributed by atoms with Crippen molar-refractivity contribution < 1.29 is 43.7 Å². The topological polar surface area (TPSA) is 187 Å². The van der Waals surface area contributed by atoms with Gasteiger partial charge in [0, 0.05) is 18.4 Å². The SMILES string of the molecule is COc1ccccc1NC(=O)C1C(=O)CC(C)(O)C(C(=O)Nc2ccccc2OC)C1c1cc(OC)c(O)c([N+](=O)[O-])c1. The Morgan fingerprint density at radius 2 is 1.42 bits per heavy atom. The Morgan fingerprint density at radius 1 is 0.907 bits per heavy atom. The van der Waals surface area contributed by atoms with Gasteiger partial charge >= 0.3 is 5.69 Å². The lowest BCUT2D eigenvalue weighted by atomic mass is 9.61. The largest absolute Gasteiger partial charge is 0.500 e. The van der Waals surface area contributed by atoms with Crippen LogP contribution in [0.1, 0.15) is 24.8 Å². The molecule has 0 spiro atoms. The van der Waals surface area contributed by atoms with Crippen LogP contribution in [-0.4, -0.2) is 59.7 Å². The highest BCUT2D eigenvalue weighted by atomic mass is 16.6. The van der Waals surface area contributed by atoms with Gasteiger partial charge in [-0.2, -0.15) is 0 Å². The van der Waals surface area contributed by atoms with Crippen molar-refractivity contribution in [1.29, 1.82) is 0 Å². The highest BCUT2D eigenvalue weighted by Gasteiger charge is 2.56. The summed E-state index contributed by atoms with van der Waals surface area (Å²) in [6, 6.07) is 15.1. The predicted octanol–water partition coefficient (Wildman–Crippen LogP) is 3.64. The van der Waals surface area contributed by atoms with E-state index in [9.17, 15) is 34.7 Å². The van der Waals surface area contributed by atoms with Gasteiger partial charge in [-0.25, -0.2) is 0 Å². The average molecular weight is 594 g/mol. The molecule has 1 aliphatic rings. The Kier molecular flexibility index (Phi) is 8.85. The number of phenolic OH excluding ortho intramolecular Hbond substituents is 1. The van der Waals surface area contributed by atoms with E-state index in [2.05, 4.69) is 10.6 Å². The maximum Gasteiger partial charge on any atom is 0.314 e. The van der Waals surface area contributed by atoms with Gasteiger partial charge in [0.05, 0.1) is 49.1 Å². The van der Waals surface area contributed by atoms with Crippen molar-refractivity contribution in [2.75, 3.05) is 32.0 Å². The number of nitro groups is 1. The molecule has 3 aromatic carbocycles. The summed E-state index contributed by atoms with van der Waals surface area (Å²) < 4.78 is 15.8. The molecular weight excluding hydrogens is 562 g/mol. The second-order valence-corrected chi connectivity index (χ2v) is 10.2. The fourth-order valence-electron chi connectivity index (χ4n) is 5.51. The third-order valence-electron chi connectivity index (χ3n) is 7.44. The number of hydrogen-bond acceptors (Lipinski definition) is 10. The van der Waals surface area contributed by atoms with Crippen LogP contribution < -0.4 is 24.8 Å². The summed E-state index contributed by atoms with van der Waals surface area (Å²) in [5.41, 5.74) is -2.35. The van der Waals surface area contributed by atoms with Gasteiger partial charge in [-0.15, -0.1) is 0 Å². The van der Waals surface area contributed by atoms with E-state index in [-0.39, 0.29) is 22.7 Å². The van der Waals surface area contributed by atoms with E-state index in [1.165, 1.54) is 34.3 Å². The first kappa shape index (κ1) is 30.8. The Morgan fingerprint density at radius 3 is 1.93 bits per heavy atom. The average Bonchev–Trinajstić information content (AvgIpc) is 2.96. The van der Waals surface area contributed by atoms with E-state index in [1.54, 1.807) is 48.5 Å². The third kappa shape index (κ3) is 6.06. The van der Waals surface area contributed by atoms with Crippen molar-refractivity contribution in [2.45, 2.75) is 24.9 Å². The first-order chi connectivity index (χ1) is 20.4. The minimum absolute atomic E-state index is 0.0602. The number of phenols is 1. The van der Waals surface area contributed by atoms with Crippen LogP contribution >= 0.6 is 0 Å². The van der Waals surface area contributed by atoms with Crippen molar-refractivity contribution >= 4 is 34.7 Å². The normalized spacial score (nSPS) is 21.4. The van der Waals surface area contributed by atoms with Crippen LogP contribution in [-0.2, 0) is 14.4 Å². The summed E-state index contributed by atoms with van der Waals surface area (Å²) >= 11 is 0. The van der Waals surface area contributed by atoms with Crippen molar-refractivity contribution in [2.24, 2.45) is 11.8 Å². The van der Waals surface area contributed by atoms with Crippen molar-refractivity contribution in [1.82, 2.24) is 0 Å². The summed E-state index contributed by atoms with van der Waals surface area (Å²) in [5, 5.41) is 39.2. The Hall–Kier alpha value is -5.17. The van der Waals surface area contributed by atoms with Crippen LogP contribution in [0, 0.1) is 22.0 Å². The summed E-state index contributed by atoms with van der Waals surface area (Å²) in [5.74, 6) is -7.38. The summed E-state index contributed by atoms with van der Waals surface area (Å²) in [7, 11) is 3.97. The number of amides is 2. The van der Waals surface area contributed by atoms with Gasteiger partial charge in [0.25, 0.3) is 0 Å². The Bertz CT molecular complexity index is 1570. The summed E-state index contributed by atoms with van der Waals surface area (Å²) in [6.07, 6.45) is -0.575. The fourth-order valence-corrected chi connectivity index (χ4v) is 5.51. The Labute approximate surface area is 246 Å².